The smallest absolute Gasteiger partial charge is 0.229 e. The Hall–Kier alpha value is -2.51. The maximum atomic E-state index is 14.1. The molecule has 1 saturated heterocycles. The Kier molecular flexibility index (Phi) is 6.76. The monoisotopic (exact) mass is 443 g/mol. The van der Waals surface area contributed by atoms with Gasteiger partial charge in [0.1, 0.15) is 11.6 Å². The van der Waals surface area contributed by atoms with Crippen molar-refractivity contribution >= 4 is 17.3 Å². The van der Waals surface area contributed by atoms with Crippen molar-refractivity contribution in [1.82, 2.24) is 4.90 Å². The van der Waals surface area contributed by atoms with Gasteiger partial charge >= 0.3 is 0 Å². The lowest BCUT2D eigenvalue weighted by atomic mass is 9.96. The van der Waals surface area contributed by atoms with Crippen LogP contribution in [0.1, 0.15) is 37.5 Å². The Morgan fingerprint density at radius 3 is 2.41 bits per heavy atom. The number of benzene rings is 2. The van der Waals surface area contributed by atoms with Crippen LogP contribution in [0.5, 0.6) is 0 Å². The highest BCUT2D eigenvalue weighted by Crippen LogP contribution is 2.31. The summed E-state index contributed by atoms with van der Waals surface area (Å²) in [7, 11) is 0. The van der Waals surface area contributed by atoms with Crippen LogP contribution in [-0.4, -0.2) is 55.2 Å². The number of aliphatic hydroxyl groups excluding tert-OH is 1. The number of piperazine rings is 1. The van der Waals surface area contributed by atoms with Crippen molar-refractivity contribution in [2.24, 2.45) is 5.92 Å². The Morgan fingerprint density at radius 2 is 1.72 bits per heavy atom. The highest BCUT2D eigenvalue weighted by molar-refractivity contribution is 5.95. The fourth-order valence-corrected chi connectivity index (χ4v) is 4.62. The van der Waals surface area contributed by atoms with E-state index in [1.165, 1.54) is 12.1 Å². The summed E-state index contributed by atoms with van der Waals surface area (Å²) in [6.07, 6.45) is 1.19. The fraction of sp³-hybridized carbons (Fsp3) is 0.480. The molecule has 4 rings (SSSR count). The van der Waals surface area contributed by atoms with Crippen LogP contribution >= 0.6 is 0 Å². The molecule has 0 saturated carbocycles. The molecule has 0 radical (unpaired) electrons. The number of aryl methyl sites for hydroxylation is 1. The van der Waals surface area contributed by atoms with E-state index in [9.17, 15) is 18.7 Å². The van der Waals surface area contributed by atoms with Crippen molar-refractivity contribution in [3.05, 3.63) is 59.2 Å². The molecule has 32 heavy (non-hydrogen) atoms. The molecule has 0 aromatic heterocycles. The fourth-order valence-electron chi connectivity index (χ4n) is 4.62. The maximum absolute atomic E-state index is 14.1. The van der Waals surface area contributed by atoms with E-state index in [0.717, 1.165) is 42.3 Å². The van der Waals surface area contributed by atoms with Crippen molar-refractivity contribution in [2.45, 2.75) is 32.8 Å². The Bertz CT molecular complexity index is 974. The molecule has 2 aromatic rings. The van der Waals surface area contributed by atoms with Crippen LogP contribution in [0.25, 0.3) is 0 Å². The number of fused-ring (bicyclic) bond motifs is 1. The molecule has 172 valence electrons. The van der Waals surface area contributed by atoms with Crippen LogP contribution in [0.3, 0.4) is 0 Å². The molecule has 1 amide bonds. The van der Waals surface area contributed by atoms with E-state index in [2.05, 4.69) is 4.90 Å². The van der Waals surface area contributed by atoms with Gasteiger partial charge in [-0.25, -0.2) is 8.78 Å². The predicted molar refractivity (Wildman–Crippen MR) is 122 cm³/mol. The number of hydrogen-bond acceptors (Lipinski definition) is 4. The van der Waals surface area contributed by atoms with Gasteiger partial charge in [-0.15, -0.1) is 0 Å². The molecular weight excluding hydrogens is 412 g/mol. The molecule has 1 fully saturated rings. The molecular formula is C25H31F2N3O2. The first kappa shape index (κ1) is 22.7. The summed E-state index contributed by atoms with van der Waals surface area (Å²) in [6.45, 7) is 7.68. The van der Waals surface area contributed by atoms with Crippen molar-refractivity contribution < 1.29 is 18.7 Å². The minimum Gasteiger partial charge on any atom is -0.387 e. The number of rotatable bonds is 5. The third kappa shape index (κ3) is 4.79. The topological polar surface area (TPSA) is 47.0 Å². The van der Waals surface area contributed by atoms with E-state index >= 15 is 0 Å². The van der Waals surface area contributed by atoms with Gasteiger partial charge in [-0.05, 0) is 42.2 Å². The molecule has 0 unspecified atom stereocenters. The number of anilines is 2. The van der Waals surface area contributed by atoms with Crippen molar-refractivity contribution in [3.63, 3.8) is 0 Å². The average Bonchev–Trinajstić information content (AvgIpc) is 2.78. The molecule has 5 nitrogen and oxygen atoms in total. The van der Waals surface area contributed by atoms with E-state index in [-0.39, 0.29) is 11.8 Å². The van der Waals surface area contributed by atoms with E-state index in [4.69, 9.17) is 0 Å². The van der Waals surface area contributed by atoms with Crippen LogP contribution in [0.15, 0.2) is 36.4 Å². The number of amides is 1. The van der Waals surface area contributed by atoms with Gasteiger partial charge in [0, 0.05) is 56.9 Å². The lowest BCUT2D eigenvalue weighted by Gasteiger charge is -2.37. The SMILES string of the molecule is CC(C)C(=O)N1CCCc2cc([C@@H](O)CN3CCN(c4ccc(F)cc4F)CC3)ccc21. The van der Waals surface area contributed by atoms with Crippen LogP contribution in [0.4, 0.5) is 20.2 Å². The van der Waals surface area contributed by atoms with Gasteiger partial charge in [0.15, 0.2) is 0 Å². The lowest BCUT2D eigenvalue weighted by Crippen LogP contribution is -2.47. The molecule has 0 spiro atoms. The summed E-state index contributed by atoms with van der Waals surface area (Å²) in [6, 6.07) is 9.58. The summed E-state index contributed by atoms with van der Waals surface area (Å²) in [5.74, 6) is -1.03. The summed E-state index contributed by atoms with van der Waals surface area (Å²) in [5.41, 5.74) is 3.34. The summed E-state index contributed by atoms with van der Waals surface area (Å²) < 4.78 is 27.2. The van der Waals surface area contributed by atoms with Crippen LogP contribution in [0, 0.1) is 17.6 Å². The molecule has 1 N–H and O–H groups in total. The van der Waals surface area contributed by atoms with E-state index in [1.54, 1.807) is 0 Å². The van der Waals surface area contributed by atoms with Gasteiger partial charge in [-0.2, -0.15) is 0 Å². The van der Waals surface area contributed by atoms with Crippen LogP contribution in [-0.2, 0) is 11.2 Å². The number of β-amino-alcohol motifs (C(OH)–C–C–N with tert-alkyl or cyclic N) is 1. The predicted octanol–water partition coefficient (Wildman–Crippen LogP) is 3.76. The van der Waals surface area contributed by atoms with Gasteiger partial charge in [0.05, 0.1) is 11.8 Å². The molecule has 2 aliphatic rings. The quantitative estimate of drug-likeness (QED) is 0.765. The number of aliphatic hydroxyl groups is 1. The second kappa shape index (κ2) is 9.55. The zero-order chi connectivity index (χ0) is 22.8. The number of hydrogen-bond donors (Lipinski definition) is 1. The van der Waals surface area contributed by atoms with E-state index in [0.29, 0.717) is 38.4 Å². The Balaban J connectivity index is 1.38. The Labute approximate surface area is 188 Å². The normalized spacial score (nSPS) is 18.1. The third-order valence-corrected chi connectivity index (χ3v) is 6.42. The van der Waals surface area contributed by atoms with Crippen LogP contribution in [0.2, 0.25) is 0 Å². The number of nitrogens with zero attached hydrogens (tertiary/aromatic N) is 3. The van der Waals surface area contributed by atoms with Crippen molar-refractivity contribution in [1.29, 1.82) is 0 Å². The first-order valence-electron chi connectivity index (χ1n) is 11.4. The number of halogens is 2. The second-order valence-corrected chi connectivity index (χ2v) is 9.04. The second-order valence-electron chi connectivity index (χ2n) is 9.04. The Morgan fingerprint density at radius 1 is 1.00 bits per heavy atom. The summed E-state index contributed by atoms with van der Waals surface area (Å²) >= 11 is 0. The van der Waals surface area contributed by atoms with Crippen molar-refractivity contribution in [3.8, 4) is 0 Å². The molecule has 2 aromatic carbocycles. The average molecular weight is 444 g/mol. The molecule has 1 atom stereocenters. The molecule has 7 heteroatoms. The van der Waals surface area contributed by atoms with Gasteiger partial charge in [0.25, 0.3) is 0 Å². The van der Waals surface area contributed by atoms with Gasteiger partial charge in [-0.1, -0.05) is 26.0 Å². The molecule has 0 aliphatic carbocycles. The number of carbonyl (C=O) groups excluding carboxylic acids is 1. The third-order valence-electron chi connectivity index (χ3n) is 6.42. The molecule has 2 aliphatic heterocycles. The lowest BCUT2D eigenvalue weighted by molar-refractivity contribution is -0.121. The highest BCUT2D eigenvalue weighted by atomic mass is 19.1. The highest BCUT2D eigenvalue weighted by Gasteiger charge is 2.26. The standard InChI is InChI=1S/C25H31F2N3O2/c1-17(2)25(32)30-9-3-4-18-14-19(5-7-22(18)30)24(31)16-28-10-12-29(13-11-28)23-8-6-20(26)15-21(23)27/h5-8,14-15,17,24,31H,3-4,9-13,16H2,1-2H3/t24-/m0/s1. The zero-order valence-corrected chi connectivity index (χ0v) is 18.7. The first-order chi connectivity index (χ1) is 15.3. The van der Waals surface area contributed by atoms with Gasteiger partial charge < -0.3 is 14.9 Å². The zero-order valence-electron chi connectivity index (χ0n) is 18.7. The minimum atomic E-state index is -0.634. The van der Waals surface area contributed by atoms with Crippen molar-refractivity contribution in [2.75, 3.05) is 49.1 Å². The molecule has 0 bridgehead atoms. The van der Waals surface area contributed by atoms with E-state index in [1.807, 2.05) is 41.8 Å². The maximum Gasteiger partial charge on any atom is 0.229 e. The summed E-state index contributed by atoms with van der Waals surface area (Å²) in [5, 5.41) is 10.9. The largest absolute Gasteiger partial charge is 0.387 e. The van der Waals surface area contributed by atoms with E-state index < -0.39 is 17.7 Å². The van der Waals surface area contributed by atoms with Gasteiger partial charge in [-0.3, -0.25) is 9.69 Å². The molecule has 2 heterocycles. The van der Waals surface area contributed by atoms with Gasteiger partial charge in [0.2, 0.25) is 5.91 Å². The van der Waals surface area contributed by atoms with Crippen LogP contribution < -0.4 is 9.80 Å². The summed E-state index contributed by atoms with van der Waals surface area (Å²) in [4.78, 5) is 18.5. The minimum absolute atomic E-state index is 0.0479. The number of carbonyl (C=O) groups is 1. The first-order valence-corrected chi connectivity index (χ1v) is 11.4.